The average Bonchev–Trinajstić information content (AvgIpc) is 2.31. The molecule has 0 radical (unpaired) electrons. The first-order valence-corrected chi connectivity index (χ1v) is 4.21. The summed E-state index contributed by atoms with van der Waals surface area (Å²) < 4.78 is 0. The van der Waals surface area contributed by atoms with Crippen molar-refractivity contribution in [3.05, 3.63) is 41.0 Å². The van der Waals surface area contributed by atoms with Crippen LogP contribution >= 0.6 is 0 Å². The molecule has 13 heavy (non-hydrogen) atoms. The zero-order chi connectivity index (χ0) is 9.59. The monoisotopic (exact) mass is 173 g/mol. The number of nitrogens with one attached hydrogen (secondary N) is 1. The normalized spacial score (nSPS) is 14.3. The molecule has 0 bridgehead atoms. The van der Waals surface area contributed by atoms with Gasteiger partial charge in [-0.05, 0) is 37.1 Å². The van der Waals surface area contributed by atoms with Crippen LogP contribution in [0.3, 0.4) is 0 Å². The quantitative estimate of drug-likeness (QED) is 0.639. The van der Waals surface area contributed by atoms with Gasteiger partial charge in [-0.3, -0.25) is 4.79 Å². The zero-order valence-corrected chi connectivity index (χ0v) is 7.77. The highest BCUT2D eigenvalue weighted by molar-refractivity contribution is 6.09. The summed E-state index contributed by atoms with van der Waals surface area (Å²) in [5, 5.41) is 2.70. The maximum Gasteiger partial charge on any atom is 0.256 e. The van der Waals surface area contributed by atoms with Crippen molar-refractivity contribution in [1.82, 2.24) is 5.32 Å². The zero-order valence-electron chi connectivity index (χ0n) is 7.77. The molecule has 1 aliphatic heterocycles. The fourth-order valence-corrected chi connectivity index (χ4v) is 1.53. The molecule has 0 saturated heterocycles. The van der Waals surface area contributed by atoms with Gasteiger partial charge in [0.2, 0.25) is 0 Å². The molecule has 0 aliphatic carbocycles. The molecule has 0 saturated carbocycles. The van der Waals surface area contributed by atoms with E-state index in [0.29, 0.717) is 5.70 Å². The number of carbonyl (C=O) groups excluding carboxylic acids is 1. The molecule has 0 unspecified atom stereocenters. The Morgan fingerprint density at radius 2 is 1.69 bits per heavy atom. The Bertz CT molecular complexity index is 379. The largest absolute Gasteiger partial charge is 0.322 e. The van der Waals surface area contributed by atoms with Crippen LogP contribution in [0.1, 0.15) is 27.0 Å². The van der Waals surface area contributed by atoms with Crippen molar-refractivity contribution in [2.45, 2.75) is 13.8 Å². The second kappa shape index (κ2) is 2.46. The summed E-state index contributed by atoms with van der Waals surface area (Å²) in [6.07, 6.45) is 0. The third-order valence-corrected chi connectivity index (χ3v) is 2.47. The summed E-state index contributed by atoms with van der Waals surface area (Å²) in [6, 6.07) is 3.92. The van der Waals surface area contributed by atoms with E-state index in [1.165, 1.54) is 5.56 Å². The van der Waals surface area contributed by atoms with Crippen molar-refractivity contribution in [2.75, 3.05) is 0 Å². The Balaban J connectivity index is 2.72. The topological polar surface area (TPSA) is 29.1 Å². The minimum Gasteiger partial charge on any atom is -0.322 e. The maximum absolute atomic E-state index is 11.4. The summed E-state index contributed by atoms with van der Waals surface area (Å²) in [4.78, 5) is 11.4. The lowest BCUT2D eigenvalue weighted by Gasteiger charge is -2.02. The molecule has 1 heterocycles. The van der Waals surface area contributed by atoms with E-state index in [0.717, 1.165) is 16.7 Å². The number of amides is 1. The Hall–Kier alpha value is -1.57. The molecule has 1 N–H and O–H groups in total. The van der Waals surface area contributed by atoms with Crippen LogP contribution < -0.4 is 5.32 Å². The Morgan fingerprint density at radius 3 is 2.31 bits per heavy atom. The van der Waals surface area contributed by atoms with Crippen molar-refractivity contribution < 1.29 is 4.79 Å². The van der Waals surface area contributed by atoms with Gasteiger partial charge < -0.3 is 5.32 Å². The van der Waals surface area contributed by atoms with Crippen molar-refractivity contribution in [1.29, 1.82) is 0 Å². The molecule has 66 valence electrons. The Kier molecular flexibility index (Phi) is 1.52. The van der Waals surface area contributed by atoms with E-state index in [9.17, 15) is 4.79 Å². The lowest BCUT2D eigenvalue weighted by molar-refractivity contribution is 0.0981. The molecule has 0 fully saturated rings. The fourth-order valence-electron chi connectivity index (χ4n) is 1.53. The van der Waals surface area contributed by atoms with Crippen LogP contribution in [0.25, 0.3) is 5.70 Å². The van der Waals surface area contributed by atoms with Crippen molar-refractivity contribution in [2.24, 2.45) is 0 Å². The van der Waals surface area contributed by atoms with E-state index in [2.05, 4.69) is 11.9 Å². The van der Waals surface area contributed by atoms with Gasteiger partial charge in [0.15, 0.2) is 0 Å². The minimum atomic E-state index is -0.0388. The lowest BCUT2D eigenvalue weighted by Crippen LogP contribution is -2.11. The number of fused-ring (bicyclic) bond motifs is 1. The van der Waals surface area contributed by atoms with Crippen LogP contribution in [0.4, 0.5) is 0 Å². The van der Waals surface area contributed by atoms with E-state index < -0.39 is 0 Å². The summed E-state index contributed by atoms with van der Waals surface area (Å²) in [5.41, 5.74) is 4.73. The van der Waals surface area contributed by atoms with Crippen LogP contribution in [-0.4, -0.2) is 5.91 Å². The summed E-state index contributed by atoms with van der Waals surface area (Å²) in [5.74, 6) is -0.0388. The molecule has 1 amide bonds. The Morgan fingerprint density at radius 1 is 1.15 bits per heavy atom. The van der Waals surface area contributed by atoms with Gasteiger partial charge in [-0.2, -0.15) is 0 Å². The smallest absolute Gasteiger partial charge is 0.256 e. The summed E-state index contributed by atoms with van der Waals surface area (Å²) in [6.45, 7) is 7.82. The van der Waals surface area contributed by atoms with Crippen molar-refractivity contribution in [3.63, 3.8) is 0 Å². The van der Waals surface area contributed by atoms with Crippen LogP contribution in [0, 0.1) is 13.8 Å². The third-order valence-electron chi connectivity index (χ3n) is 2.47. The standard InChI is InChI=1S/C11H11NO/c1-6-4-9-8(3)12-11(13)10(9)5-7(6)2/h4-5H,3H2,1-2H3,(H,12,13). The highest BCUT2D eigenvalue weighted by atomic mass is 16.1. The van der Waals surface area contributed by atoms with Gasteiger partial charge in [0, 0.05) is 16.8 Å². The van der Waals surface area contributed by atoms with Gasteiger partial charge in [0.05, 0.1) is 0 Å². The van der Waals surface area contributed by atoms with Gasteiger partial charge >= 0.3 is 0 Å². The second-order valence-corrected chi connectivity index (χ2v) is 3.41. The van der Waals surface area contributed by atoms with Gasteiger partial charge in [0.25, 0.3) is 5.91 Å². The van der Waals surface area contributed by atoms with Gasteiger partial charge in [-0.1, -0.05) is 6.58 Å². The van der Waals surface area contributed by atoms with Crippen molar-refractivity contribution >= 4 is 11.6 Å². The maximum atomic E-state index is 11.4. The number of hydrogen-bond donors (Lipinski definition) is 1. The van der Waals surface area contributed by atoms with Crippen LogP contribution in [-0.2, 0) is 0 Å². The SMILES string of the molecule is C=C1NC(=O)c2cc(C)c(C)cc21. The van der Waals surface area contributed by atoms with Crippen LogP contribution in [0.15, 0.2) is 18.7 Å². The van der Waals surface area contributed by atoms with Crippen molar-refractivity contribution in [3.8, 4) is 0 Å². The number of hydrogen-bond acceptors (Lipinski definition) is 1. The molecule has 0 spiro atoms. The van der Waals surface area contributed by atoms with Crippen LogP contribution in [0.5, 0.6) is 0 Å². The van der Waals surface area contributed by atoms with Gasteiger partial charge in [-0.25, -0.2) is 0 Å². The Labute approximate surface area is 77.3 Å². The molecule has 1 aromatic rings. The molecular formula is C11H11NO. The summed E-state index contributed by atoms with van der Waals surface area (Å²) >= 11 is 0. The molecule has 0 atom stereocenters. The number of rotatable bonds is 0. The van der Waals surface area contributed by atoms with E-state index in [1.54, 1.807) is 0 Å². The highest BCUT2D eigenvalue weighted by Gasteiger charge is 2.22. The second-order valence-electron chi connectivity index (χ2n) is 3.41. The van der Waals surface area contributed by atoms with E-state index >= 15 is 0 Å². The third kappa shape index (κ3) is 1.06. The fraction of sp³-hybridized carbons (Fsp3) is 0.182. The summed E-state index contributed by atoms with van der Waals surface area (Å²) in [7, 11) is 0. The average molecular weight is 173 g/mol. The molecule has 2 nitrogen and oxygen atoms in total. The predicted molar refractivity (Wildman–Crippen MR) is 52.4 cm³/mol. The minimum absolute atomic E-state index is 0.0388. The number of benzene rings is 1. The molecule has 1 aliphatic rings. The van der Waals surface area contributed by atoms with Gasteiger partial charge in [0.1, 0.15) is 0 Å². The molecule has 0 aromatic heterocycles. The first-order chi connectivity index (χ1) is 6.09. The van der Waals surface area contributed by atoms with Crippen LogP contribution in [0.2, 0.25) is 0 Å². The van der Waals surface area contributed by atoms with Gasteiger partial charge in [-0.15, -0.1) is 0 Å². The predicted octanol–water partition coefficient (Wildman–Crippen LogP) is 2.02. The number of aryl methyl sites for hydroxylation is 2. The van der Waals surface area contributed by atoms with E-state index in [1.807, 2.05) is 26.0 Å². The molecule has 1 aromatic carbocycles. The first-order valence-electron chi connectivity index (χ1n) is 4.21. The van der Waals surface area contributed by atoms with E-state index in [4.69, 9.17) is 0 Å². The molecule has 2 heteroatoms. The van der Waals surface area contributed by atoms with E-state index in [-0.39, 0.29) is 5.91 Å². The highest BCUT2D eigenvalue weighted by Crippen LogP contribution is 2.25. The first kappa shape index (κ1) is 8.05. The molecule has 2 rings (SSSR count). The lowest BCUT2D eigenvalue weighted by atomic mass is 10.0. The number of carbonyl (C=O) groups is 1. The molecular weight excluding hydrogens is 162 g/mol.